The van der Waals surface area contributed by atoms with Gasteiger partial charge in [-0.2, -0.15) is 0 Å². The molecular weight excluding hydrogens is 172 g/mol. The van der Waals surface area contributed by atoms with E-state index in [0.29, 0.717) is 0 Å². The molecular formula is C5H9ClN2O3. The Morgan fingerprint density at radius 3 is 2.64 bits per heavy atom. The Morgan fingerprint density at radius 2 is 2.27 bits per heavy atom. The van der Waals surface area contributed by atoms with Gasteiger partial charge in [-0.3, -0.25) is 14.9 Å². The Hall–Kier alpha value is -0.810. The average Bonchev–Trinajstić information content (AvgIpc) is 1.88. The zero-order valence-corrected chi connectivity index (χ0v) is 6.48. The molecule has 0 saturated carbocycles. The normalized spacial score (nSPS) is 23.3. The number of piperazine rings is 1. The fourth-order valence-corrected chi connectivity index (χ4v) is 0.741. The summed E-state index contributed by atoms with van der Waals surface area (Å²) in [6.07, 6.45) is 0. The highest BCUT2D eigenvalue weighted by atomic mass is 35.5. The molecule has 6 heteroatoms. The summed E-state index contributed by atoms with van der Waals surface area (Å²) < 4.78 is 0. The van der Waals surface area contributed by atoms with Crippen LogP contribution in [0.1, 0.15) is 0 Å². The van der Waals surface area contributed by atoms with Gasteiger partial charge in [0.2, 0.25) is 5.91 Å². The van der Waals surface area contributed by atoms with Crippen molar-refractivity contribution in [2.24, 2.45) is 0 Å². The van der Waals surface area contributed by atoms with Gasteiger partial charge in [-0.15, -0.1) is 12.4 Å². The van der Waals surface area contributed by atoms with Crippen LogP contribution >= 0.6 is 12.4 Å². The predicted molar refractivity (Wildman–Crippen MR) is 39.7 cm³/mol. The molecule has 0 aliphatic carbocycles. The first kappa shape index (κ1) is 10.2. The van der Waals surface area contributed by atoms with Crippen LogP contribution in [0.4, 0.5) is 0 Å². The number of nitrogens with one attached hydrogen (secondary N) is 2. The van der Waals surface area contributed by atoms with Crippen LogP contribution in [0.2, 0.25) is 0 Å². The summed E-state index contributed by atoms with van der Waals surface area (Å²) in [5, 5.41) is 13.4. The SMILES string of the molecule is Cl.O=C1CN[C@H](C(=O)O)CN1. The lowest BCUT2D eigenvalue weighted by molar-refractivity contribution is -0.140. The van der Waals surface area contributed by atoms with Crippen LogP contribution in [0.5, 0.6) is 0 Å². The van der Waals surface area contributed by atoms with Crippen molar-refractivity contribution >= 4 is 24.3 Å². The monoisotopic (exact) mass is 180 g/mol. The van der Waals surface area contributed by atoms with E-state index in [0.717, 1.165) is 0 Å². The molecule has 0 aromatic heterocycles. The highest BCUT2D eigenvalue weighted by molar-refractivity contribution is 5.85. The van der Waals surface area contributed by atoms with E-state index in [1.165, 1.54) is 0 Å². The third-order valence-electron chi connectivity index (χ3n) is 1.31. The molecule has 0 aromatic carbocycles. The lowest BCUT2D eigenvalue weighted by Gasteiger charge is -2.19. The third-order valence-corrected chi connectivity index (χ3v) is 1.31. The Bertz CT molecular complexity index is 163. The van der Waals surface area contributed by atoms with Crippen LogP contribution in [0.25, 0.3) is 0 Å². The van der Waals surface area contributed by atoms with Crippen molar-refractivity contribution in [1.29, 1.82) is 0 Å². The Labute approximate surface area is 69.6 Å². The minimum absolute atomic E-state index is 0. The molecule has 64 valence electrons. The minimum atomic E-state index is -0.931. The third kappa shape index (κ3) is 2.73. The van der Waals surface area contributed by atoms with E-state index >= 15 is 0 Å². The number of carboxylic acids is 1. The van der Waals surface area contributed by atoms with Crippen molar-refractivity contribution in [3.63, 3.8) is 0 Å². The maximum absolute atomic E-state index is 10.5. The molecule has 1 fully saturated rings. The van der Waals surface area contributed by atoms with Gasteiger partial charge < -0.3 is 10.4 Å². The Balaban J connectivity index is 0.000001000. The lowest BCUT2D eigenvalue weighted by atomic mass is 10.2. The van der Waals surface area contributed by atoms with Gasteiger partial charge in [0, 0.05) is 6.54 Å². The molecule has 1 rings (SSSR count). The number of halogens is 1. The highest BCUT2D eigenvalue weighted by Gasteiger charge is 2.22. The number of hydrogen-bond acceptors (Lipinski definition) is 3. The Kier molecular flexibility index (Phi) is 3.84. The number of hydrogen-bond donors (Lipinski definition) is 3. The van der Waals surface area contributed by atoms with Crippen LogP contribution in [0.3, 0.4) is 0 Å². The van der Waals surface area contributed by atoms with E-state index in [2.05, 4.69) is 10.6 Å². The van der Waals surface area contributed by atoms with Crippen molar-refractivity contribution in [2.75, 3.05) is 13.1 Å². The average molecular weight is 181 g/mol. The van der Waals surface area contributed by atoms with Crippen LogP contribution in [0, 0.1) is 0 Å². The van der Waals surface area contributed by atoms with E-state index in [1.807, 2.05) is 0 Å². The summed E-state index contributed by atoms with van der Waals surface area (Å²) in [7, 11) is 0. The lowest BCUT2D eigenvalue weighted by Crippen LogP contribution is -2.55. The molecule has 1 saturated heterocycles. The van der Waals surface area contributed by atoms with Crippen LogP contribution in [-0.2, 0) is 9.59 Å². The summed E-state index contributed by atoms with van der Waals surface area (Å²) in [6, 6.07) is -0.627. The number of carbonyl (C=O) groups excluding carboxylic acids is 1. The topological polar surface area (TPSA) is 78.4 Å². The number of carbonyl (C=O) groups is 2. The van der Waals surface area contributed by atoms with Crippen molar-refractivity contribution in [3.05, 3.63) is 0 Å². The van der Waals surface area contributed by atoms with Gasteiger partial charge in [0.25, 0.3) is 0 Å². The van der Waals surface area contributed by atoms with E-state index in [9.17, 15) is 9.59 Å². The standard InChI is InChI=1S/C5H8N2O3.ClH/c8-4-2-6-3(1-7-4)5(9)10;/h3,6H,1-2H2,(H,7,8)(H,9,10);1H/t3-;/m0./s1. The van der Waals surface area contributed by atoms with Crippen molar-refractivity contribution < 1.29 is 14.7 Å². The molecule has 0 bridgehead atoms. The number of rotatable bonds is 1. The van der Waals surface area contributed by atoms with E-state index in [4.69, 9.17) is 5.11 Å². The highest BCUT2D eigenvalue weighted by Crippen LogP contribution is 1.86. The molecule has 1 heterocycles. The fourth-order valence-electron chi connectivity index (χ4n) is 0.741. The molecule has 1 amide bonds. The molecule has 3 N–H and O–H groups in total. The van der Waals surface area contributed by atoms with Gasteiger partial charge in [0.15, 0.2) is 0 Å². The zero-order valence-electron chi connectivity index (χ0n) is 5.66. The van der Waals surface area contributed by atoms with Crippen molar-refractivity contribution in [1.82, 2.24) is 10.6 Å². The molecule has 0 spiro atoms. The van der Waals surface area contributed by atoms with Gasteiger partial charge >= 0.3 is 5.97 Å². The first-order valence-electron chi connectivity index (χ1n) is 2.93. The molecule has 0 radical (unpaired) electrons. The summed E-state index contributed by atoms with van der Waals surface area (Å²) in [4.78, 5) is 20.7. The Morgan fingerprint density at radius 1 is 1.64 bits per heavy atom. The predicted octanol–water partition coefficient (Wildman–Crippen LogP) is -1.42. The van der Waals surface area contributed by atoms with Gasteiger partial charge in [0.05, 0.1) is 6.54 Å². The molecule has 1 aliphatic heterocycles. The number of amides is 1. The quantitative estimate of drug-likeness (QED) is 0.463. The number of carboxylic acid groups (broad SMARTS) is 1. The maximum Gasteiger partial charge on any atom is 0.322 e. The molecule has 1 atom stereocenters. The fraction of sp³-hybridized carbons (Fsp3) is 0.600. The molecule has 0 aromatic rings. The van der Waals surface area contributed by atoms with Crippen LogP contribution in [0.15, 0.2) is 0 Å². The van der Waals surface area contributed by atoms with Crippen molar-refractivity contribution in [3.8, 4) is 0 Å². The minimum Gasteiger partial charge on any atom is -0.480 e. The van der Waals surface area contributed by atoms with E-state index in [1.54, 1.807) is 0 Å². The van der Waals surface area contributed by atoms with Gasteiger partial charge in [-0.05, 0) is 0 Å². The first-order chi connectivity index (χ1) is 4.70. The van der Waals surface area contributed by atoms with E-state index < -0.39 is 12.0 Å². The van der Waals surface area contributed by atoms with Gasteiger partial charge in [0.1, 0.15) is 6.04 Å². The van der Waals surface area contributed by atoms with Gasteiger partial charge in [-0.25, -0.2) is 0 Å². The van der Waals surface area contributed by atoms with Crippen LogP contribution < -0.4 is 10.6 Å². The summed E-state index contributed by atoms with van der Waals surface area (Å²) >= 11 is 0. The molecule has 11 heavy (non-hydrogen) atoms. The van der Waals surface area contributed by atoms with E-state index in [-0.39, 0.29) is 31.4 Å². The second kappa shape index (κ2) is 4.15. The smallest absolute Gasteiger partial charge is 0.322 e. The summed E-state index contributed by atoms with van der Waals surface area (Å²) in [6.45, 7) is 0.269. The molecule has 5 nitrogen and oxygen atoms in total. The molecule has 1 aliphatic rings. The van der Waals surface area contributed by atoms with Crippen LogP contribution in [-0.4, -0.2) is 36.1 Å². The van der Waals surface area contributed by atoms with Gasteiger partial charge in [-0.1, -0.05) is 0 Å². The largest absolute Gasteiger partial charge is 0.480 e. The summed E-state index contributed by atoms with van der Waals surface area (Å²) in [5.41, 5.74) is 0. The second-order valence-electron chi connectivity index (χ2n) is 2.08. The van der Waals surface area contributed by atoms with Crippen molar-refractivity contribution in [2.45, 2.75) is 6.04 Å². The first-order valence-corrected chi connectivity index (χ1v) is 2.93. The second-order valence-corrected chi connectivity index (χ2v) is 2.08. The zero-order chi connectivity index (χ0) is 7.56. The molecule has 0 unspecified atom stereocenters. The maximum atomic E-state index is 10.5. The summed E-state index contributed by atoms with van der Waals surface area (Å²) in [5.74, 6) is -1.09. The number of aliphatic carboxylic acids is 1.